The van der Waals surface area contributed by atoms with E-state index in [-0.39, 0.29) is 6.03 Å². The molecule has 0 saturated heterocycles. The van der Waals surface area contributed by atoms with Crippen LogP contribution in [-0.4, -0.2) is 17.6 Å². The first-order valence-corrected chi connectivity index (χ1v) is 6.26. The van der Waals surface area contributed by atoms with Gasteiger partial charge >= 0.3 is 6.03 Å². The summed E-state index contributed by atoms with van der Waals surface area (Å²) in [4.78, 5) is 15.6. The number of anilines is 1. The van der Waals surface area contributed by atoms with E-state index in [9.17, 15) is 4.79 Å². The summed E-state index contributed by atoms with van der Waals surface area (Å²) in [5.74, 6) is 0.974. The molecule has 0 bridgehead atoms. The Hall–Kier alpha value is -1.81. The second-order valence-electron chi connectivity index (χ2n) is 3.83. The Bertz CT molecular complexity index is 571. The number of urea groups is 1. The Labute approximate surface area is 110 Å². The highest BCUT2D eigenvalue weighted by Crippen LogP contribution is 2.21. The van der Waals surface area contributed by atoms with E-state index < -0.39 is 0 Å². The van der Waals surface area contributed by atoms with Gasteiger partial charge in [-0.1, -0.05) is 18.2 Å². The van der Waals surface area contributed by atoms with E-state index in [1.54, 1.807) is 6.20 Å². The molecule has 0 aliphatic carbocycles. The molecule has 0 aliphatic rings. The minimum Gasteiger partial charge on any atom is -0.338 e. The van der Waals surface area contributed by atoms with Crippen molar-refractivity contribution in [3.05, 3.63) is 36.0 Å². The predicted octanol–water partition coefficient (Wildman–Crippen LogP) is 3.12. The van der Waals surface area contributed by atoms with E-state index >= 15 is 0 Å². The van der Waals surface area contributed by atoms with Crippen LogP contribution in [0.5, 0.6) is 0 Å². The number of carbonyl (C=O) groups is 1. The van der Waals surface area contributed by atoms with Crippen LogP contribution in [0.1, 0.15) is 12.5 Å². The average molecular weight is 264 g/mol. The fourth-order valence-corrected chi connectivity index (χ4v) is 1.97. The maximum Gasteiger partial charge on any atom is 0.320 e. The molecule has 94 valence electrons. The van der Waals surface area contributed by atoms with Crippen molar-refractivity contribution >= 4 is 34.2 Å². The molecule has 0 atom stereocenters. The molecule has 0 radical (unpaired) electrons. The van der Waals surface area contributed by atoms with Crippen molar-refractivity contribution in [2.24, 2.45) is 0 Å². The number of amides is 2. The average Bonchev–Trinajstić information content (AvgIpc) is 2.38. The van der Waals surface area contributed by atoms with Crippen molar-refractivity contribution in [3.63, 3.8) is 0 Å². The molecule has 4 nitrogen and oxygen atoms in total. The van der Waals surface area contributed by atoms with Gasteiger partial charge in [-0.3, -0.25) is 5.32 Å². The molecule has 1 aromatic carbocycles. The van der Waals surface area contributed by atoms with Crippen LogP contribution in [0.2, 0.25) is 0 Å². The van der Waals surface area contributed by atoms with Gasteiger partial charge in [0.15, 0.2) is 0 Å². The van der Waals surface area contributed by atoms with Crippen LogP contribution in [0.25, 0.3) is 10.8 Å². The number of fused-ring (bicyclic) bond motifs is 1. The molecular formula is C13H14ClN3O. The second-order valence-corrected chi connectivity index (χ2v) is 4.09. The highest BCUT2D eigenvalue weighted by atomic mass is 35.5. The van der Waals surface area contributed by atoms with Gasteiger partial charge in [-0.15, -0.1) is 11.6 Å². The number of rotatable bonds is 3. The fourth-order valence-electron chi connectivity index (χ4n) is 1.74. The van der Waals surface area contributed by atoms with Gasteiger partial charge in [-0.25, -0.2) is 9.78 Å². The van der Waals surface area contributed by atoms with E-state index in [1.165, 1.54) is 0 Å². The monoisotopic (exact) mass is 263 g/mol. The number of nitrogens with zero attached hydrogens (tertiary/aromatic N) is 1. The third-order valence-electron chi connectivity index (χ3n) is 2.58. The van der Waals surface area contributed by atoms with Crippen molar-refractivity contribution in [2.75, 3.05) is 11.9 Å². The standard InChI is InChI=1S/C13H14ClN3O/c1-2-15-13(18)17-12-6-9-4-3-5-10(7-14)11(9)8-16-12/h3-6,8H,2,7H2,1H3,(H2,15,16,17,18). The number of aromatic nitrogens is 1. The van der Waals surface area contributed by atoms with Crippen LogP contribution >= 0.6 is 11.6 Å². The van der Waals surface area contributed by atoms with Crippen molar-refractivity contribution in [1.29, 1.82) is 0 Å². The summed E-state index contributed by atoms with van der Waals surface area (Å²) >= 11 is 5.86. The molecule has 18 heavy (non-hydrogen) atoms. The minimum absolute atomic E-state index is 0.252. The molecule has 2 amide bonds. The van der Waals surface area contributed by atoms with Gasteiger partial charge in [0.25, 0.3) is 0 Å². The third kappa shape index (κ3) is 2.71. The third-order valence-corrected chi connectivity index (χ3v) is 2.87. The number of alkyl halides is 1. The maximum atomic E-state index is 11.4. The number of benzene rings is 1. The van der Waals surface area contributed by atoms with Crippen LogP contribution in [0.3, 0.4) is 0 Å². The normalized spacial score (nSPS) is 10.3. The molecule has 0 saturated carbocycles. The van der Waals surface area contributed by atoms with E-state index in [0.29, 0.717) is 18.2 Å². The molecule has 0 unspecified atom stereocenters. The first kappa shape index (κ1) is 12.6. The lowest BCUT2D eigenvalue weighted by molar-refractivity contribution is 0.252. The lowest BCUT2D eigenvalue weighted by Crippen LogP contribution is -2.28. The highest BCUT2D eigenvalue weighted by Gasteiger charge is 2.04. The molecular weight excluding hydrogens is 250 g/mol. The van der Waals surface area contributed by atoms with Gasteiger partial charge in [0.1, 0.15) is 5.82 Å². The van der Waals surface area contributed by atoms with E-state index in [4.69, 9.17) is 11.6 Å². The van der Waals surface area contributed by atoms with Crippen molar-refractivity contribution in [2.45, 2.75) is 12.8 Å². The molecule has 2 aromatic rings. The largest absolute Gasteiger partial charge is 0.338 e. The number of pyridine rings is 1. The lowest BCUT2D eigenvalue weighted by Gasteiger charge is -2.07. The molecule has 0 fully saturated rings. The topological polar surface area (TPSA) is 54.0 Å². The minimum atomic E-state index is -0.252. The second kappa shape index (κ2) is 5.69. The summed E-state index contributed by atoms with van der Waals surface area (Å²) in [5.41, 5.74) is 1.03. The van der Waals surface area contributed by atoms with Gasteiger partial charge in [-0.05, 0) is 23.9 Å². The summed E-state index contributed by atoms with van der Waals surface area (Å²) in [5, 5.41) is 7.35. The van der Waals surface area contributed by atoms with Crippen molar-refractivity contribution in [3.8, 4) is 0 Å². The summed E-state index contributed by atoms with van der Waals surface area (Å²) in [6.45, 7) is 2.44. The summed E-state index contributed by atoms with van der Waals surface area (Å²) in [6.07, 6.45) is 1.73. The van der Waals surface area contributed by atoms with Crippen LogP contribution in [0.15, 0.2) is 30.5 Å². The van der Waals surface area contributed by atoms with E-state index in [1.807, 2.05) is 31.2 Å². The van der Waals surface area contributed by atoms with Crippen LogP contribution in [0.4, 0.5) is 10.6 Å². The first-order valence-electron chi connectivity index (χ1n) is 5.73. The Morgan fingerprint density at radius 2 is 2.28 bits per heavy atom. The Morgan fingerprint density at radius 1 is 1.44 bits per heavy atom. The van der Waals surface area contributed by atoms with Crippen LogP contribution in [-0.2, 0) is 5.88 Å². The first-order chi connectivity index (χ1) is 8.74. The number of carbonyl (C=O) groups excluding carboxylic acids is 1. The maximum absolute atomic E-state index is 11.4. The smallest absolute Gasteiger partial charge is 0.320 e. The van der Waals surface area contributed by atoms with Gasteiger partial charge in [-0.2, -0.15) is 0 Å². The highest BCUT2D eigenvalue weighted by molar-refractivity contribution is 6.18. The van der Waals surface area contributed by atoms with Gasteiger partial charge in [0.05, 0.1) is 0 Å². The summed E-state index contributed by atoms with van der Waals surface area (Å²) in [7, 11) is 0. The summed E-state index contributed by atoms with van der Waals surface area (Å²) < 4.78 is 0. The zero-order valence-electron chi connectivity index (χ0n) is 10.0. The SMILES string of the molecule is CCNC(=O)Nc1cc2cccc(CCl)c2cn1. The van der Waals surface area contributed by atoms with Gasteiger partial charge in [0.2, 0.25) is 0 Å². The van der Waals surface area contributed by atoms with Gasteiger partial charge in [0, 0.05) is 24.0 Å². The van der Waals surface area contributed by atoms with Crippen LogP contribution < -0.4 is 10.6 Å². The van der Waals surface area contributed by atoms with Crippen molar-refractivity contribution in [1.82, 2.24) is 10.3 Å². The quantitative estimate of drug-likeness (QED) is 0.836. The number of hydrogen-bond donors (Lipinski definition) is 2. The molecule has 5 heteroatoms. The number of hydrogen-bond acceptors (Lipinski definition) is 2. The molecule has 0 aliphatic heterocycles. The Kier molecular flexibility index (Phi) is 3.99. The molecule has 0 spiro atoms. The van der Waals surface area contributed by atoms with Crippen LogP contribution in [0, 0.1) is 0 Å². The van der Waals surface area contributed by atoms with Crippen molar-refractivity contribution < 1.29 is 4.79 Å². The van der Waals surface area contributed by atoms with E-state index in [2.05, 4.69) is 15.6 Å². The molecule has 1 aromatic heterocycles. The van der Waals surface area contributed by atoms with Gasteiger partial charge < -0.3 is 5.32 Å². The predicted molar refractivity (Wildman–Crippen MR) is 74.0 cm³/mol. The number of halogens is 1. The zero-order valence-corrected chi connectivity index (χ0v) is 10.8. The Balaban J connectivity index is 2.30. The molecule has 2 rings (SSSR count). The Morgan fingerprint density at radius 3 is 3.00 bits per heavy atom. The summed E-state index contributed by atoms with van der Waals surface area (Å²) in [6, 6.07) is 7.46. The van der Waals surface area contributed by atoms with E-state index in [0.717, 1.165) is 16.3 Å². The fraction of sp³-hybridized carbons (Fsp3) is 0.231. The molecule has 2 N–H and O–H groups in total. The number of nitrogens with one attached hydrogen (secondary N) is 2. The lowest BCUT2D eigenvalue weighted by atomic mass is 10.1. The molecule has 1 heterocycles. The zero-order chi connectivity index (χ0) is 13.0.